The molecule has 1 aliphatic heterocycles. The van der Waals surface area contributed by atoms with Crippen molar-refractivity contribution in [2.24, 2.45) is 0 Å². The number of halogens is 15. The number of fused-ring (bicyclic) bond motifs is 1. The molecule has 0 unspecified atom stereocenters. The maximum absolute atomic E-state index is 15.3. The number of nitrogens with zero attached hydrogens (tertiary/aromatic N) is 2. The third-order valence-electron chi connectivity index (χ3n) is 7.56. The minimum absolute atomic E-state index is 0.0141. The molecule has 52 heavy (non-hydrogen) atoms. The topological polar surface area (TPSA) is 57.7 Å². The Bertz CT molecular complexity index is 1900. The van der Waals surface area contributed by atoms with Crippen LogP contribution in [0.25, 0.3) is 0 Å². The quantitative estimate of drug-likeness (QED) is 0.119. The molecular formula is C32H17F15N2O3. The van der Waals surface area contributed by atoms with Gasteiger partial charge in [-0.15, -0.1) is 0 Å². The first-order valence-corrected chi connectivity index (χ1v) is 14.0. The van der Waals surface area contributed by atoms with Crippen LogP contribution >= 0.6 is 0 Å². The molecule has 0 bridgehead atoms. The Labute approximate surface area is 281 Å². The third-order valence-corrected chi connectivity index (χ3v) is 7.56. The van der Waals surface area contributed by atoms with Gasteiger partial charge in [0.1, 0.15) is 0 Å². The van der Waals surface area contributed by atoms with E-state index in [1.807, 2.05) is 0 Å². The van der Waals surface area contributed by atoms with Crippen molar-refractivity contribution < 1.29 is 80.2 Å². The second-order valence-corrected chi connectivity index (χ2v) is 10.9. The standard InChI is InChI=1S/C32H17F15N2O3/c33-26(34,27(35,36)28(37,38)29(39,40)30(41,42)31(43,44)32(45,46)47)25(52)49(17-18-9-2-1-3-10-18)22-15-7-4-11-19(22)12-8-16-48-23(50)20-13-5-6-14-21(20)24(48)51/h1-7,9-11,13-15H,16-17H2. The lowest BCUT2D eigenvalue weighted by Gasteiger charge is -2.41. The van der Waals surface area contributed by atoms with Crippen LogP contribution in [-0.2, 0) is 11.3 Å². The van der Waals surface area contributed by atoms with Crippen LogP contribution in [0.4, 0.5) is 71.5 Å². The van der Waals surface area contributed by atoms with Crippen LogP contribution in [0.1, 0.15) is 31.8 Å². The molecule has 0 aromatic heterocycles. The molecule has 5 nitrogen and oxygen atoms in total. The van der Waals surface area contributed by atoms with E-state index in [0.29, 0.717) is 11.0 Å². The third kappa shape index (κ3) is 6.08. The van der Waals surface area contributed by atoms with Crippen LogP contribution in [0.5, 0.6) is 0 Å². The highest BCUT2D eigenvalue weighted by atomic mass is 19.4. The van der Waals surface area contributed by atoms with Gasteiger partial charge >= 0.3 is 47.6 Å². The molecule has 20 heteroatoms. The van der Waals surface area contributed by atoms with E-state index < -0.39 is 88.7 Å². The van der Waals surface area contributed by atoms with Gasteiger partial charge in [-0.05, 0) is 29.8 Å². The van der Waals surface area contributed by atoms with Gasteiger partial charge in [0.25, 0.3) is 11.8 Å². The molecule has 1 heterocycles. The van der Waals surface area contributed by atoms with Crippen molar-refractivity contribution in [1.29, 1.82) is 0 Å². The van der Waals surface area contributed by atoms with E-state index in [0.717, 1.165) is 30.3 Å². The highest BCUT2D eigenvalue weighted by Crippen LogP contribution is 2.62. The Morgan fingerprint density at radius 2 is 1.02 bits per heavy atom. The average Bonchev–Trinajstić information content (AvgIpc) is 3.31. The smallest absolute Gasteiger partial charge is 0.301 e. The summed E-state index contributed by atoms with van der Waals surface area (Å²) in [6, 6.07) is 14.9. The van der Waals surface area contributed by atoms with Crippen molar-refractivity contribution in [3.05, 3.63) is 101 Å². The van der Waals surface area contributed by atoms with Gasteiger partial charge in [-0.1, -0.05) is 66.4 Å². The number of imide groups is 1. The van der Waals surface area contributed by atoms with E-state index in [1.165, 1.54) is 42.5 Å². The van der Waals surface area contributed by atoms with Gasteiger partial charge < -0.3 is 4.90 Å². The number of carbonyl (C=O) groups is 3. The Hall–Kier alpha value is -5.22. The molecule has 3 amide bonds. The zero-order chi connectivity index (χ0) is 39.3. The van der Waals surface area contributed by atoms with E-state index in [-0.39, 0.29) is 16.7 Å². The Kier molecular flexibility index (Phi) is 9.95. The summed E-state index contributed by atoms with van der Waals surface area (Å²) in [5.41, 5.74) is -1.85. The highest BCUT2D eigenvalue weighted by Gasteiger charge is 2.94. The SMILES string of the molecule is O=C1c2ccccc2C(=O)N1CC#Cc1ccccc1N(Cc1ccccc1)C(=O)C(F)(F)C(F)(F)C(F)(F)C(F)(F)C(F)(F)C(F)(F)C(F)(F)F. The zero-order valence-corrected chi connectivity index (χ0v) is 25.2. The van der Waals surface area contributed by atoms with Crippen molar-refractivity contribution in [3.63, 3.8) is 0 Å². The summed E-state index contributed by atoms with van der Waals surface area (Å²) in [6.45, 7) is -2.01. The predicted octanol–water partition coefficient (Wildman–Crippen LogP) is 8.24. The maximum atomic E-state index is 15.3. The molecule has 0 aliphatic carbocycles. The lowest BCUT2D eigenvalue weighted by molar-refractivity contribution is -0.449. The largest absolute Gasteiger partial charge is 0.460 e. The van der Waals surface area contributed by atoms with E-state index in [2.05, 4.69) is 11.8 Å². The highest BCUT2D eigenvalue weighted by molar-refractivity contribution is 6.21. The number of rotatable bonds is 10. The molecule has 0 radical (unpaired) electrons. The van der Waals surface area contributed by atoms with Crippen molar-refractivity contribution >= 4 is 23.4 Å². The molecule has 278 valence electrons. The van der Waals surface area contributed by atoms with Crippen LogP contribution in [0.15, 0.2) is 78.9 Å². The lowest BCUT2D eigenvalue weighted by Crippen LogP contribution is -2.74. The molecule has 3 aromatic rings. The first-order chi connectivity index (χ1) is 23.8. The normalized spacial score (nSPS) is 14.6. The molecule has 0 fully saturated rings. The number of hydrogen-bond acceptors (Lipinski definition) is 3. The van der Waals surface area contributed by atoms with Gasteiger partial charge in [0.15, 0.2) is 0 Å². The van der Waals surface area contributed by atoms with E-state index in [1.54, 1.807) is 0 Å². The number of amides is 3. The van der Waals surface area contributed by atoms with E-state index in [4.69, 9.17) is 0 Å². The molecule has 0 spiro atoms. The van der Waals surface area contributed by atoms with Gasteiger partial charge in [-0.25, -0.2) is 0 Å². The number of anilines is 1. The van der Waals surface area contributed by atoms with Crippen LogP contribution in [0.2, 0.25) is 0 Å². The molecule has 3 aromatic carbocycles. The van der Waals surface area contributed by atoms with Crippen molar-refractivity contribution in [2.75, 3.05) is 11.4 Å². The first-order valence-electron chi connectivity index (χ1n) is 14.0. The van der Waals surface area contributed by atoms with Crippen molar-refractivity contribution in [1.82, 2.24) is 4.90 Å². The minimum atomic E-state index is -8.58. The Balaban J connectivity index is 1.78. The van der Waals surface area contributed by atoms with Crippen molar-refractivity contribution in [3.8, 4) is 11.8 Å². The van der Waals surface area contributed by atoms with Crippen LogP contribution in [0.3, 0.4) is 0 Å². The fourth-order valence-electron chi connectivity index (χ4n) is 4.71. The molecule has 0 N–H and O–H groups in total. The molecular weight excluding hydrogens is 745 g/mol. The first kappa shape index (κ1) is 39.6. The van der Waals surface area contributed by atoms with Gasteiger partial charge in [-0.2, -0.15) is 65.9 Å². The maximum Gasteiger partial charge on any atom is 0.460 e. The molecule has 1 aliphatic rings. The van der Waals surface area contributed by atoms with E-state index >= 15 is 8.78 Å². The van der Waals surface area contributed by atoms with Crippen LogP contribution in [-0.4, -0.2) is 70.9 Å². The molecule has 0 saturated heterocycles. The molecule has 0 saturated carbocycles. The minimum Gasteiger partial charge on any atom is -0.301 e. The molecule has 0 atom stereocenters. The van der Waals surface area contributed by atoms with Crippen LogP contribution in [0, 0.1) is 11.8 Å². The van der Waals surface area contributed by atoms with Crippen LogP contribution < -0.4 is 4.90 Å². The van der Waals surface area contributed by atoms with Gasteiger partial charge in [-0.3, -0.25) is 19.3 Å². The Morgan fingerprint density at radius 3 is 1.54 bits per heavy atom. The number of benzene rings is 3. The predicted molar refractivity (Wildman–Crippen MR) is 148 cm³/mol. The summed E-state index contributed by atoms with van der Waals surface area (Å²) in [5.74, 6) is -49.7. The van der Waals surface area contributed by atoms with Gasteiger partial charge in [0.05, 0.1) is 29.9 Å². The Morgan fingerprint density at radius 1 is 0.577 bits per heavy atom. The lowest BCUT2D eigenvalue weighted by atomic mass is 9.90. The molecule has 4 rings (SSSR count). The average molecular weight is 762 g/mol. The summed E-state index contributed by atoms with van der Waals surface area (Å²) in [4.78, 5) is 38.5. The fraction of sp³-hybridized carbons (Fsp3) is 0.281. The van der Waals surface area contributed by atoms with E-state index in [9.17, 15) is 71.5 Å². The van der Waals surface area contributed by atoms with Crippen molar-refractivity contribution in [2.45, 2.75) is 48.3 Å². The second-order valence-electron chi connectivity index (χ2n) is 10.9. The number of para-hydroxylation sites is 1. The summed E-state index contributed by atoms with van der Waals surface area (Å²) >= 11 is 0. The summed E-state index contributed by atoms with van der Waals surface area (Å²) in [7, 11) is 0. The summed E-state index contributed by atoms with van der Waals surface area (Å²) < 4.78 is 209. The zero-order valence-electron chi connectivity index (χ0n) is 25.2. The number of hydrogen-bond donors (Lipinski definition) is 0. The number of carbonyl (C=O) groups excluding carboxylic acids is 3. The monoisotopic (exact) mass is 762 g/mol. The summed E-state index contributed by atoms with van der Waals surface area (Å²) in [6.07, 6.45) is -7.78. The van der Waals surface area contributed by atoms with Gasteiger partial charge in [0.2, 0.25) is 0 Å². The van der Waals surface area contributed by atoms with Gasteiger partial charge in [0, 0.05) is 5.56 Å². The second kappa shape index (κ2) is 13.1. The number of alkyl halides is 15. The fourth-order valence-corrected chi connectivity index (χ4v) is 4.71. The summed E-state index contributed by atoms with van der Waals surface area (Å²) in [5, 5.41) is 0.